The molecule has 0 saturated heterocycles. The van der Waals surface area contributed by atoms with Gasteiger partial charge in [0.05, 0.1) is 0 Å². The predicted molar refractivity (Wildman–Crippen MR) is 81.7 cm³/mol. The van der Waals surface area contributed by atoms with Crippen molar-refractivity contribution in [2.45, 2.75) is 6.10 Å². The first-order valence-electron chi connectivity index (χ1n) is 6.42. The highest BCUT2D eigenvalue weighted by molar-refractivity contribution is 6.33. The molecule has 2 aromatic carbocycles. The average molecular weight is 284 g/mol. The minimum atomic E-state index is -0.672. The van der Waals surface area contributed by atoms with Crippen LogP contribution in [0.25, 0.3) is 11.1 Å². The molecule has 2 nitrogen and oxygen atoms in total. The molecule has 3 heteroatoms. The van der Waals surface area contributed by atoms with Crippen LogP contribution in [-0.4, -0.2) is 10.1 Å². The highest BCUT2D eigenvalue weighted by Crippen LogP contribution is 2.35. The number of aliphatic hydroxyl groups is 1. The lowest BCUT2D eigenvalue weighted by atomic mass is 9.97. The van der Waals surface area contributed by atoms with Crippen molar-refractivity contribution < 1.29 is 5.11 Å². The topological polar surface area (TPSA) is 36.0 Å². The van der Waals surface area contributed by atoms with Crippen molar-refractivity contribution in [3.8, 4) is 11.1 Å². The minimum absolute atomic E-state index is 0.672. The van der Waals surface area contributed by atoms with Gasteiger partial charge in [-0.05, 0) is 11.6 Å². The third kappa shape index (κ3) is 2.36. The summed E-state index contributed by atoms with van der Waals surface area (Å²) in [4.78, 5) is 3.06. The molecule has 20 heavy (non-hydrogen) atoms. The first kappa shape index (κ1) is 13.0. The summed E-state index contributed by atoms with van der Waals surface area (Å²) in [5.74, 6) is 0. The molecule has 2 N–H and O–H groups in total. The monoisotopic (exact) mass is 283 g/mol. The Morgan fingerprint density at radius 2 is 1.55 bits per heavy atom. The van der Waals surface area contributed by atoms with E-state index < -0.39 is 6.10 Å². The number of benzene rings is 2. The highest BCUT2D eigenvalue weighted by Gasteiger charge is 2.17. The summed E-state index contributed by atoms with van der Waals surface area (Å²) in [7, 11) is 0. The fraction of sp³-hybridized carbons (Fsp3) is 0.0588. The summed E-state index contributed by atoms with van der Waals surface area (Å²) in [5, 5.41) is 11.2. The molecule has 0 bridgehead atoms. The third-order valence-corrected chi connectivity index (χ3v) is 3.68. The molecule has 1 unspecified atom stereocenters. The van der Waals surface area contributed by atoms with Gasteiger partial charge in [-0.3, -0.25) is 0 Å². The van der Waals surface area contributed by atoms with Crippen LogP contribution in [0.3, 0.4) is 0 Å². The average Bonchev–Trinajstić information content (AvgIpc) is 2.97. The molecule has 0 aliphatic carbocycles. The van der Waals surface area contributed by atoms with E-state index in [1.54, 1.807) is 0 Å². The Labute approximate surface area is 122 Å². The number of rotatable bonds is 3. The third-order valence-electron chi connectivity index (χ3n) is 3.35. The standard InChI is InChI=1S/C17H14ClNO/c18-16-9-5-4-8-13(16)14-10-19-11-15(14)17(20)12-6-2-1-3-7-12/h1-11,17,19-20H. The van der Waals surface area contributed by atoms with Crippen LogP contribution in [0.15, 0.2) is 67.0 Å². The van der Waals surface area contributed by atoms with Gasteiger partial charge in [0, 0.05) is 34.1 Å². The van der Waals surface area contributed by atoms with Gasteiger partial charge in [-0.25, -0.2) is 0 Å². The van der Waals surface area contributed by atoms with Crippen molar-refractivity contribution in [1.82, 2.24) is 4.98 Å². The molecule has 1 aromatic heterocycles. The molecule has 3 rings (SSSR count). The lowest BCUT2D eigenvalue weighted by molar-refractivity contribution is 0.221. The van der Waals surface area contributed by atoms with Crippen molar-refractivity contribution in [3.63, 3.8) is 0 Å². The van der Waals surface area contributed by atoms with Gasteiger partial charge in [-0.15, -0.1) is 0 Å². The van der Waals surface area contributed by atoms with Gasteiger partial charge in [0.2, 0.25) is 0 Å². The van der Waals surface area contributed by atoms with Crippen LogP contribution in [-0.2, 0) is 0 Å². The molecule has 0 fully saturated rings. The van der Waals surface area contributed by atoms with Gasteiger partial charge in [0.25, 0.3) is 0 Å². The zero-order valence-electron chi connectivity index (χ0n) is 10.8. The normalized spacial score (nSPS) is 12.3. The Kier molecular flexibility index (Phi) is 3.59. The summed E-state index contributed by atoms with van der Waals surface area (Å²) >= 11 is 6.24. The van der Waals surface area contributed by atoms with Gasteiger partial charge in [-0.2, -0.15) is 0 Å². The number of nitrogens with one attached hydrogen (secondary N) is 1. The first-order valence-corrected chi connectivity index (χ1v) is 6.80. The Morgan fingerprint density at radius 1 is 0.850 bits per heavy atom. The number of halogens is 1. The minimum Gasteiger partial charge on any atom is -0.384 e. The molecule has 0 saturated carbocycles. The van der Waals surface area contributed by atoms with Crippen LogP contribution in [0, 0.1) is 0 Å². The largest absolute Gasteiger partial charge is 0.384 e. The Hall–Kier alpha value is -2.03. The van der Waals surface area contributed by atoms with Gasteiger partial charge >= 0.3 is 0 Å². The van der Waals surface area contributed by atoms with Crippen LogP contribution in [0.1, 0.15) is 17.2 Å². The molecular formula is C17H14ClNO. The van der Waals surface area contributed by atoms with Crippen LogP contribution in [0.2, 0.25) is 5.02 Å². The molecule has 1 heterocycles. The Balaban J connectivity index is 2.05. The molecule has 100 valence electrons. The van der Waals surface area contributed by atoms with E-state index >= 15 is 0 Å². The maximum absolute atomic E-state index is 10.6. The Morgan fingerprint density at radius 3 is 2.30 bits per heavy atom. The second-order valence-corrected chi connectivity index (χ2v) is 5.02. The van der Waals surface area contributed by atoms with E-state index in [2.05, 4.69) is 4.98 Å². The molecule has 1 atom stereocenters. The molecule has 0 radical (unpaired) electrons. The molecule has 0 spiro atoms. The number of aromatic nitrogens is 1. The number of aromatic amines is 1. The van der Waals surface area contributed by atoms with E-state index in [9.17, 15) is 5.11 Å². The van der Waals surface area contributed by atoms with Crippen LogP contribution < -0.4 is 0 Å². The van der Waals surface area contributed by atoms with Crippen LogP contribution >= 0.6 is 11.6 Å². The van der Waals surface area contributed by atoms with E-state index in [0.717, 1.165) is 22.3 Å². The SMILES string of the molecule is OC(c1ccccc1)c1c[nH]cc1-c1ccccc1Cl. The predicted octanol–water partition coefficient (Wildman–Crippen LogP) is 4.42. The maximum atomic E-state index is 10.6. The zero-order chi connectivity index (χ0) is 13.9. The number of hydrogen-bond donors (Lipinski definition) is 2. The zero-order valence-corrected chi connectivity index (χ0v) is 11.5. The second kappa shape index (κ2) is 5.53. The van der Waals surface area contributed by atoms with Crippen molar-refractivity contribution in [2.75, 3.05) is 0 Å². The van der Waals surface area contributed by atoms with Gasteiger partial charge in [0.15, 0.2) is 0 Å². The highest BCUT2D eigenvalue weighted by atomic mass is 35.5. The summed E-state index contributed by atoms with van der Waals surface area (Å²) in [6, 6.07) is 17.2. The summed E-state index contributed by atoms with van der Waals surface area (Å²) in [6.45, 7) is 0. The quantitative estimate of drug-likeness (QED) is 0.733. The van der Waals surface area contributed by atoms with E-state index in [0.29, 0.717) is 5.02 Å². The lowest BCUT2D eigenvalue weighted by Gasteiger charge is -2.13. The summed E-state index contributed by atoms with van der Waals surface area (Å²) in [5.41, 5.74) is 3.53. The number of H-pyrrole nitrogens is 1. The maximum Gasteiger partial charge on any atom is 0.106 e. The van der Waals surface area contributed by atoms with Crippen LogP contribution in [0.4, 0.5) is 0 Å². The molecule has 0 aliphatic heterocycles. The lowest BCUT2D eigenvalue weighted by Crippen LogP contribution is -1.99. The molecule has 0 aliphatic rings. The van der Waals surface area contributed by atoms with E-state index in [-0.39, 0.29) is 0 Å². The summed E-state index contributed by atoms with van der Waals surface area (Å²) < 4.78 is 0. The van der Waals surface area contributed by atoms with Gasteiger partial charge < -0.3 is 10.1 Å². The molecule has 3 aromatic rings. The van der Waals surface area contributed by atoms with Gasteiger partial charge in [0.1, 0.15) is 6.10 Å². The van der Waals surface area contributed by atoms with Crippen molar-refractivity contribution in [2.24, 2.45) is 0 Å². The fourth-order valence-electron chi connectivity index (χ4n) is 2.33. The van der Waals surface area contributed by atoms with Gasteiger partial charge in [-0.1, -0.05) is 60.1 Å². The van der Waals surface area contributed by atoms with E-state index in [1.807, 2.05) is 67.0 Å². The summed E-state index contributed by atoms with van der Waals surface area (Å²) in [6.07, 6.45) is 3.01. The second-order valence-electron chi connectivity index (χ2n) is 4.62. The smallest absolute Gasteiger partial charge is 0.106 e. The first-order chi connectivity index (χ1) is 9.77. The van der Waals surface area contributed by atoms with E-state index in [4.69, 9.17) is 11.6 Å². The Bertz CT molecular complexity index is 706. The molecule has 0 amide bonds. The van der Waals surface area contributed by atoms with Crippen molar-refractivity contribution >= 4 is 11.6 Å². The van der Waals surface area contributed by atoms with E-state index in [1.165, 1.54) is 0 Å². The fourth-order valence-corrected chi connectivity index (χ4v) is 2.57. The van der Waals surface area contributed by atoms with Crippen LogP contribution in [0.5, 0.6) is 0 Å². The number of aliphatic hydroxyl groups excluding tert-OH is 1. The van der Waals surface area contributed by atoms with Crippen molar-refractivity contribution in [3.05, 3.63) is 83.1 Å². The molecular weight excluding hydrogens is 270 g/mol. The van der Waals surface area contributed by atoms with Crippen molar-refractivity contribution in [1.29, 1.82) is 0 Å². The number of hydrogen-bond acceptors (Lipinski definition) is 1.